The molecule has 5 nitrogen and oxygen atoms in total. The summed E-state index contributed by atoms with van der Waals surface area (Å²) in [6, 6.07) is 8.91. The van der Waals surface area contributed by atoms with Crippen LogP contribution < -0.4 is 5.32 Å². The standard InChI is InChI=1S/C20H24N2O3/c1-11(23)13-10-22-8-7-20-14-5-3-4-6-15(14)21-18(20)17(19(24)25-2)12(13)9-16(20)22/h3-6,12-13,16-18,21H,7-10H2,1-2H3/t12-,13-,16-,17+,18-,20+/m0/s1. The number of methoxy groups -OCH3 is 1. The summed E-state index contributed by atoms with van der Waals surface area (Å²) >= 11 is 0. The van der Waals surface area contributed by atoms with E-state index in [0.29, 0.717) is 6.04 Å². The van der Waals surface area contributed by atoms with E-state index in [0.717, 1.165) is 31.6 Å². The molecule has 1 saturated carbocycles. The van der Waals surface area contributed by atoms with Gasteiger partial charge >= 0.3 is 5.97 Å². The molecule has 3 fully saturated rings. The molecule has 3 heterocycles. The van der Waals surface area contributed by atoms with Crippen molar-refractivity contribution in [2.75, 3.05) is 25.5 Å². The number of para-hydroxylation sites is 1. The number of rotatable bonds is 2. The smallest absolute Gasteiger partial charge is 0.311 e. The van der Waals surface area contributed by atoms with Gasteiger partial charge in [0, 0.05) is 29.6 Å². The first-order chi connectivity index (χ1) is 12.1. The lowest BCUT2D eigenvalue weighted by molar-refractivity contribution is -0.156. The normalized spacial score (nSPS) is 40.8. The average molecular weight is 340 g/mol. The number of anilines is 1. The van der Waals surface area contributed by atoms with Crippen molar-refractivity contribution < 1.29 is 14.3 Å². The zero-order valence-corrected chi connectivity index (χ0v) is 14.7. The third-order valence-electron chi connectivity index (χ3n) is 7.40. The SMILES string of the molecule is COC(=O)[C@@H]1[C@H]2C[C@@H]3N(CC[C@@]34c3ccccc3N[C@@H]14)C[C@H]2C(C)=O. The summed E-state index contributed by atoms with van der Waals surface area (Å²) in [6.45, 7) is 3.46. The highest BCUT2D eigenvalue weighted by Crippen LogP contribution is 2.61. The Morgan fingerprint density at radius 2 is 2.12 bits per heavy atom. The van der Waals surface area contributed by atoms with Gasteiger partial charge in [-0.15, -0.1) is 0 Å². The molecule has 1 aromatic rings. The van der Waals surface area contributed by atoms with Crippen LogP contribution in [0.15, 0.2) is 24.3 Å². The highest BCUT2D eigenvalue weighted by molar-refractivity contribution is 5.83. The number of nitrogens with zero attached hydrogens (tertiary/aromatic N) is 1. The number of ketones is 1. The Hall–Kier alpha value is -1.88. The van der Waals surface area contributed by atoms with Gasteiger partial charge in [0.15, 0.2) is 0 Å². The molecule has 132 valence electrons. The molecule has 5 rings (SSSR count). The number of nitrogens with one attached hydrogen (secondary N) is 1. The first-order valence-electron chi connectivity index (χ1n) is 9.26. The third-order valence-corrected chi connectivity index (χ3v) is 7.40. The summed E-state index contributed by atoms with van der Waals surface area (Å²) in [5, 5.41) is 3.67. The molecule has 1 aromatic carbocycles. The molecular weight excluding hydrogens is 316 g/mol. The average Bonchev–Trinajstić information content (AvgIpc) is 3.17. The Kier molecular flexibility index (Phi) is 3.12. The molecule has 4 aliphatic rings. The van der Waals surface area contributed by atoms with Gasteiger partial charge in [-0.05, 0) is 43.9 Å². The Bertz CT molecular complexity index is 763. The van der Waals surface area contributed by atoms with E-state index in [9.17, 15) is 9.59 Å². The molecule has 0 amide bonds. The second-order valence-electron chi connectivity index (χ2n) is 8.13. The minimum atomic E-state index is -0.261. The fourth-order valence-electron chi connectivity index (χ4n) is 6.45. The van der Waals surface area contributed by atoms with Crippen molar-refractivity contribution in [3.8, 4) is 0 Å². The molecule has 2 saturated heterocycles. The topological polar surface area (TPSA) is 58.6 Å². The molecule has 0 aromatic heterocycles. The number of hydrogen-bond acceptors (Lipinski definition) is 5. The summed E-state index contributed by atoms with van der Waals surface area (Å²) in [6.07, 6.45) is 1.95. The summed E-state index contributed by atoms with van der Waals surface area (Å²) in [5.74, 6) is -0.221. The lowest BCUT2D eigenvalue weighted by Gasteiger charge is -2.55. The molecule has 3 aliphatic heterocycles. The molecule has 0 unspecified atom stereocenters. The predicted octanol–water partition coefficient (Wildman–Crippen LogP) is 1.82. The van der Waals surface area contributed by atoms with Crippen LogP contribution in [0.5, 0.6) is 0 Å². The van der Waals surface area contributed by atoms with E-state index in [1.165, 1.54) is 12.7 Å². The van der Waals surface area contributed by atoms with Crippen molar-refractivity contribution in [1.82, 2.24) is 4.90 Å². The van der Waals surface area contributed by atoms with E-state index >= 15 is 0 Å². The summed E-state index contributed by atoms with van der Waals surface area (Å²) in [5.41, 5.74) is 2.46. The maximum Gasteiger partial charge on any atom is 0.311 e. The molecule has 25 heavy (non-hydrogen) atoms. The largest absolute Gasteiger partial charge is 0.469 e. The van der Waals surface area contributed by atoms with Gasteiger partial charge in [0.25, 0.3) is 0 Å². The molecule has 0 radical (unpaired) electrons. The van der Waals surface area contributed by atoms with Crippen LogP contribution in [-0.4, -0.2) is 48.9 Å². The van der Waals surface area contributed by atoms with Crippen molar-refractivity contribution in [3.63, 3.8) is 0 Å². The second-order valence-corrected chi connectivity index (χ2v) is 8.13. The number of piperidine rings is 1. The highest BCUT2D eigenvalue weighted by Gasteiger charge is 2.68. The second kappa shape index (κ2) is 5.07. The Labute approximate surface area is 147 Å². The number of hydrogen-bond donors (Lipinski definition) is 1. The van der Waals surface area contributed by atoms with E-state index in [1.54, 1.807) is 6.92 Å². The van der Waals surface area contributed by atoms with Crippen LogP contribution in [0.2, 0.25) is 0 Å². The Morgan fingerprint density at radius 1 is 1.32 bits per heavy atom. The third kappa shape index (κ3) is 1.77. The van der Waals surface area contributed by atoms with Gasteiger partial charge in [0.05, 0.1) is 19.1 Å². The fraction of sp³-hybridized carbons (Fsp3) is 0.600. The van der Waals surface area contributed by atoms with Gasteiger partial charge in [0.1, 0.15) is 5.78 Å². The zero-order valence-electron chi connectivity index (χ0n) is 14.7. The first kappa shape index (κ1) is 15.4. The molecule has 6 atom stereocenters. The summed E-state index contributed by atoms with van der Waals surface area (Å²) in [4.78, 5) is 27.7. The van der Waals surface area contributed by atoms with Crippen LogP contribution in [0.1, 0.15) is 25.3 Å². The fourth-order valence-corrected chi connectivity index (χ4v) is 6.45. The van der Waals surface area contributed by atoms with Crippen LogP contribution in [0.3, 0.4) is 0 Å². The van der Waals surface area contributed by atoms with E-state index in [2.05, 4.69) is 28.4 Å². The van der Waals surface area contributed by atoms with Crippen molar-refractivity contribution in [2.45, 2.75) is 37.3 Å². The maximum absolute atomic E-state index is 12.8. The van der Waals surface area contributed by atoms with Gasteiger partial charge < -0.3 is 10.1 Å². The van der Waals surface area contributed by atoms with Gasteiger partial charge in [-0.2, -0.15) is 0 Å². The Balaban J connectivity index is 1.69. The summed E-state index contributed by atoms with van der Waals surface area (Å²) < 4.78 is 5.22. The lowest BCUT2D eigenvalue weighted by atomic mass is 9.54. The molecule has 1 spiro atoms. The minimum Gasteiger partial charge on any atom is -0.469 e. The molecule has 1 N–H and O–H groups in total. The summed E-state index contributed by atoms with van der Waals surface area (Å²) in [7, 11) is 1.47. The van der Waals surface area contributed by atoms with Crippen LogP contribution >= 0.6 is 0 Å². The van der Waals surface area contributed by atoms with Gasteiger partial charge in [-0.25, -0.2) is 0 Å². The Morgan fingerprint density at radius 3 is 2.88 bits per heavy atom. The number of fused-ring (bicyclic) bond motifs is 2. The van der Waals surface area contributed by atoms with Crippen LogP contribution in [0, 0.1) is 17.8 Å². The molecule has 5 heteroatoms. The number of ether oxygens (including phenoxy) is 1. The predicted molar refractivity (Wildman–Crippen MR) is 93.3 cm³/mol. The van der Waals surface area contributed by atoms with Crippen molar-refractivity contribution in [2.24, 2.45) is 17.8 Å². The quantitative estimate of drug-likeness (QED) is 0.832. The zero-order chi connectivity index (χ0) is 17.3. The van der Waals surface area contributed by atoms with E-state index < -0.39 is 0 Å². The maximum atomic E-state index is 12.8. The molecular formula is C20H24N2O3. The van der Waals surface area contributed by atoms with E-state index in [4.69, 9.17) is 4.74 Å². The van der Waals surface area contributed by atoms with Gasteiger partial charge in [-0.3, -0.25) is 14.5 Å². The molecule has 2 bridgehead atoms. The van der Waals surface area contributed by atoms with Gasteiger partial charge in [0.2, 0.25) is 0 Å². The molecule has 1 aliphatic carbocycles. The number of Topliss-reactive ketones (excluding diaryl/α,β-unsaturated/α-hetero) is 1. The monoisotopic (exact) mass is 340 g/mol. The van der Waals surface area contributed by atoms with E-state index in [-0.39, 0.29) is 41.0 Å². The number of esters is 1. The van der Waals surface area contributed by atoms with E-state index in [1.807, 2.05) is 6.07 Å². The van der Waals surface area contributed by atoms with Crippen LogP contribution in [0.4, 0.5) is 5.69 Å². The van der Waals surface area contributed by atoms with Crippen molar-refractivity contribution in [1.29, 1.82) is 0 Å². The number of carbonyl (C=O) groups is 2. The van der Waals surface area contributed by atoms with Crippen LogP contribution in [-0.2, 0) is 19.7 Å². The van der Waals surface area contributed by atoms with Crippen LogP contribution in [0.25, 0.3) is 0 Å². The number of benzene rings is 1. The lowest BCUT2D eigenvalue weighted by Crippen LogP contribution is -2.65. The van der Waals surface area contributed by atoms with Crippen molar-refractivity contribution >= 4 is 17.4 Å². The minimum absolute atomic E-state index is 0.0215. The highest BCUT2D eigenvalue weighted by atomic mass is 16.5. The first-order valence-corrected chi connectivity index (χ1v) is 9.26. The van der Waals surface area contributed by atoms with Crippen molar-refractivity contribution in [3.05, 3.63) is 29.8 Å². The van der Waals surface area contributed by atoms with Gasteiger partial charge in [-0.1, -0.05) is 18.2 Å². The number of carbonyl (C=O) groups excluding carboxylic acids is 2.